The lowest BCUT2D eigenvalue weighted by Gasteiger charge is -2.29. The van der Waals surface area contributed by atoms with Crippen molar-refractivity contribution in [2.45, 2.75) is 31.1 Å². The third kappa shape index (κ3) is 1.75. The topological polar surface area (TPSA) is 44.5 Å². The fraction of sp³-hybridized carbons (Fsp3) is 0.571. The minimum atomic E-state index is -0.332. The Morgan fingerprint density at radius 1 is 1.17 bits per heavy atom. The fourth-order valence-electron chi connectivity index (χ4n) is 3.08. The second-order valence-corrected chi connectivity index (χ2v) is 5.17. The number of halogens is 1. The molecule has 18 heavy (non-hydrogen) atoms. The molecule has 0 saturated heterocycles. The van der Waals surface area contributed by atoms with Crippen LogP contribution in [0.1, 0.15) is 31.2 Å². The van der Waals surface area contributed by atoms with Crippen LogP contribution in [0.5, 0.6) is 11.5 Å². The molecule has 0 amide bonds. The maximum atomic E-state index is 14.0. The molecule has 0 radical (unpaired) electrons. The number of nitrogens with two attached hydrogens (primary N) is 1. The maximum absolute atomic E-state index is 14.0. The molecule has 4 heteroatoms. The van der Waals surface area contributed by atoms with Gasteiger partial charge in [0.15, 0.2) is 17.3 Å². The molecule has 1 fully saturated rings. The van der Waals surface area contributed by atoms with Crippen LogP contribution >= 0.6 is 0 Å². The van der Waals surface area contributed by atoms with Gasteiger partial charge in [-0.3, -0.25) is 0 Å². The molecule has 0 bridgehead atoms. The van der Waals surface area contributed by atoms with E-state index in [1.54, 1.807) is 6.07 Å². The van der Waals surface area contributed by atoms with Crippen LogP contribution in [-0.4, -0.2) is 19.8 Å². The van der Waals surface area contributed by atoms with Crippen molar-refractivity contribution < 1.29 is 13.9 Å². The van der Waals surface area contributed by atoms with Crippen LogP contribution in [0.15, 0.2) is 12.1 Å². The van der Waals surface area contributed by atoms with Gasteiger partial charge >= 0.3 is 0 Å². The summed E-state index contributed by atoms with van der Waals surface area (Å²) >= 11 is 0. The number of hydrogen-bond donors (Lipinski definition) is 1. The summed E-state index contributed by atoms with van der Waals surface area (Å²) in [5, 5.41) is 0. The third-order valence-corrected chi connectivity index (χ3v) is 4.16. The van der Waals surface area contributed by atoms with E-state index in [4.69, 9.17) is 15.2 Å². The summed E-state index contributed by atoms with van der Waals surface area (Å²) in [5.74, 6) is 0.438. The lowest BCUT2D eigenvalue weighted by atomic mass is 9.79. The van der Waals surface area contributed by atoms with E-state index in [9.17, 15) is 4.39 Å². The van der Waals surface area contributed by atoms with Crippen molar-refractivity contribution in [1.82, 2.24) is 0 Å². The SMILES string of the molecule is NCC1(c2cc(F)c3c(c2)OCCO3)CCCC1. The number of fused-ring (bicyclic) bond motifs is 1. The Bertz CT molecular complexity index is 455. The van der Waals surface area contributed by atoms with E-state index in [1.807, 2.05) is 6.07 Å². The molecule has 1 aromatic rings. The summed E-state index contributed by atoms with van der Waals surface area (Å²) in [5.41, 5.74) is 6.82. The fourth-order valence-corrected chi connectivity index (χ4v) is 3.08. The van der Waals surface area contributed by atoms with Gasteiger partial charge in [-0.2, -0.15) is 0 Å². The van der Waals surface area contributed by atoms with Gasteiger partial charge < -0.3 is 15.2 Å². The Labute approximate surface area is 106 Å². The van der Waals surface area contributed by atoms with Crippen molar-refractivity contribution in [3.63, 3.8) is 0 Å². The normalized spacial score (nSPS) is 21.0. The lowest BCUT2D eigenvalue weighted by Crippen LogP contribution is -2.32. The lowest BCUT2D eigenvalue weighted by molar-refractivity contribution is 0.163. The van der Waals surface area contributed by atoms with Crippen LogP contribution in [0.25, 0.3) is 0 Å². The Hall–Kier alpha value is -1.29. The van der Waals surface area contributed by atoms with Crippen LogP contribution in [0, 0.1) is 5.82 Å². The highest BCUT2D eigenvalue weighted by atomic mass is 19.1. The van der Waals surface area contributed by atoms with Crippen molar-refractivity contribution in [3.8, 4) is 11.5 Å². The second-order valence-electron chi connectivity index (χ2n) is 5.17. The average Bonchev–Trinajstić information content (AvgIpc) is 2.89. The van der Waals surface area contributed by atoms with E-state index in [0.717, 1.165) is 31.2 Å². The molecule has 3 rings (SSSR count). The van der Waals surface area contributed by atoms with Gasteiger partial charge in [0.2, 0.25) is 0 Å². The number of benzene rings is 1. The van der Waals surface area contributed by atoms with Crippen LogP contribution < -0.4 is 15.2 Å². The van der Waals surface area contributed by atoms with Crippen molar-refractivity contribution in [2.24, 2.45) is 5.73 Å². The molecule has 1 heterocycles. The van der Waals surface area contributed by atoms with Crippen molar-refractivity contribution >= 4 is 0 Å². The first-order chi connectivity index (χ1) is 8.75. The van der Waals surface area contributed by atoms with E-state index < -0.39 is 0 Å². The highest BCUT2D eigenvalue weighted by Gasteiger charge is 2.36. The second kappa shape index (κ2) is 4.43. The molecule has 2 N–H and O–H groups in total. The highest BCUT2D eigenvalue weighted by Crippen LogP contribution is 2.44. The summed E-state index contributed by atoms with van der Waals surface area (Å²) < 4.78 is 24.8. The Balaban J connectivity index is 2.04. The predicted molar refractivity (Wildman–Crippen MR) is 66.6 cm³/mol. The summed E-state index contributed by atoms with van der Waals surface area (Å²) in [6.45, 7) is 1.45. The molecule has 1 saturated carbocycles. The van der Waals surface area contributed by atoms with E-state index in [0.29, 0.717) is 25.5 Å². The van der Waals surface area contributed by atoms with Gasteiger partial charge in [0.05, 0.1) is 0 Å². The molecule has 1 aromatic carbocycles. The van der Waals surface area contributed by atoms with Crippen LogP contribution in [0.4, 0.5) is 4.39 Å². The van der Waals surface area contributed by atoms with E-state index in [1.165, 1.54) is 0 Å². The molecule has 0 spiro atoms. The maximum Gasteiger partial charge on any atom is 0.197 e. The van der Waals surface area contributed by atoms with Gasteiger partial charge in [-0.25, -0.2) is 4.39 Å². The average molecular weight is 251 g/mol. The Kier molecular flexibility index (Phi) is 2.90. The zero-order valence-corrected chi connectivity index (χ0v) is 10.4. The monoisotopic (exact) mass is 251 g/mol. The molecule has 0 atom stereocenters. The number of ether oxygens (including phenoxy) is 2. The molecular weight excluding hydrogens is 233 g/mol. The molecular formula is C14H18FNO2. The van der Waals surface area contributed by atoms with Gasteiger partial charge in [-0.15, -0.1) is 0 Å². The predicted octanol–water partition coefficient (Wildman–Crippen LogP) is 2.37. The Morgan fingerprint density at radius 2 is 1.89 bits per heavy atom. The summed E-state index contributed by atoms with van der Waals surface area (Å²) in [6, 6.07) is 3.49. The molecule has 0 aromatic heterocycles. The molecule has 0 unspecified atom stereocenters. The van der Waals surface area contributed by atoms with E-state index >= 15 is 0 Å². The van der Waals surface area contributed by atoms with Crippen molar-refractivity contribution in [2.75, 3.05) is 19.8 Å². The number of hydrogen-bond acceptors (Lipinski definition) is 3. The van der Waals surface area contributed by atoms with Gasteiger partial charge in [0.25, 0.3) is 0 Å². The van der Waals surface area contributed by atoms with Gasteiger partial charge in [0.1, 0.15) is 13.2 Å². The molecule has 98 valence electrons. The zero-order chi connectivity index (χ0) is 12.6. The molecule has 3 nitrogen and oxygen atoms in total. The molecule has 1 aliphatic carbocycles. The minimum Gasteiger partial charge on any atom is -0.486 e. The molecule has 2 aliphatic rings. The van der Waals surface area contributed by atoms with Gasteiger partial charge in [0, 0.05) is 12.0 Å². The Morgan fingerprint density at radius 3 is 2.61 bits per heavy atom. The zero-order valence-electron chi connectivity index (χ0n) is 10.4. The summed E-state index contributed by atoms with van der Waals surface area (Å²) in [4.78, 5) is 0. The van der Waals surface area contributed by atoms with Gasteiger partial charge in [-0.05, 0) is 30.5 Å². The minimum absolute atomic E-state index is 0.0727. The smallest absolute Gasteiger partial charge is 0.197 e. The van der Waals surface area contributed by atoms with E-state index in [-0.39, 0.29) is 17.0 Å². The van der Waals surface area contributed by atoms with E-state index in [2.05, 4.69) is 0 Å². The highest BCUT2D eigenvalue weighted by molar-refractivity contribution is 5.47. The first kappa shape index (κ1) is 11.8. The largest absolute Gasteiger partial charge is 0.486 e. The van der Waals surface area contributed by atoms with Crippen molar-refractivity contribution in [1.29, 1.82) is 0 Å². The van der Waals surface area contributed by atoms with Crippen LogP contribution in [-0.2, 0) is 5.41 Å². The van der Waals surface area contributed by atoms with Crippen molar-refractivity contribution in [3.05, 3.63) is 23.5 Å². The first-order valence-corrected chi connectivity index (χ1v) is 6.55. The summed E-state index contributed by atoms with van der Waals surface area (Å²) in [6.07, 6.45) is 4.38. The quantitative estimate of drug-likeness (QED) is 0.877. The van der Waals surface area contributed by atoms with Crippen LogP contribution in [0.3, 0.4) is 0 Å². The van der Waals surface area contributed by atoms with Crippen LogP contribution in [0.2, 0.25) is 0 Å². The third-order valence-electron chi connectivity index (χ3n) is 4.16. The first-order valence-electron chi connectivity index (χ1n) is 6.55. The van der Waals surface area contributed by atoms with Gasteiger partial charge in [-0.1, -0.05) is 12.8 Å². The number of rotatable bonds is 2. The molecule has 1 aliphatic heterocycles. The summed E-state index contributed by atoms with van der Waals surface area (Å²) in [7, 11) is 0. The standard InChI is InChI=1S/C14H18FNO2/c15-11-7-10(14(9-16)3-1-2-4-14)8-12-13(11)18-6-5-17-12/h7-8H,1-6,9,16H2.